The Morgan fingerprint density at radius 3 is 2.88 bits per heavy atom. The van der Waals surface area contributed by atoms with Gasteiger partial charge in [0.25, 0.3) is 5.91 Å². The summed E-state index contributed by atoms with van der Waals surface area (Å²) >= 11 is 0. The molecule has 0 spiro atoms. The highest BCUT2D eigenvalue weighted by molar-refractivity contribution is 5.94. The van der Waals surface area contributed by atoms with E-state index in [0.717, 1.165) is 18.7 Å². The van der Waals surface area contributed by atoms with Crippen molar-refractivity contribution in [2.75, 3.05) is 20.2 Å². The standard InChI is InChI=1S/C18H23FN4O2/c1-12(2)23-11-20-21-17(23)14-5-4-8-22(10-14)18(24)13-6-7-16(25-3)15(19)9-13/h6-7,9,11-12,14H,4-5,8,10H2,1-3H3/t14-/m1/s1. The number of piperidine rings is 1. The minimum Gasteiger partial charge on any atom is -0.494 e. The Bertz CT molecular complexity index is 759. The quantitative estimate of drug-likeness (QED) is 0.854. The van der Waals surface area contributed by atoms with Gasteiger partial charge in [-0.25, -0.2) is 4.39 Å². The van der Waals surface area contributed by atoms with Gasteiger partial charge in [-0.3, -0.25) is 4.79 Å². The van der Waals surface area contributed by atoms with Crippen molar-refractivity contribution < 1.29 is 13.9 Å². The maximum atomic E-state index is 13.9. The third-order valence-corrected chi connectivity index (χ3v) is 4.63. The number of hydrogen-bond donors (Lipinski definition) is 0. The maximum Gasteiger partial charge on any atom is 0.253 e. The Balaban J connectivity index is 1.78. The molecular weight excluding hydrogens is 323 g/mol. The lowest BCUT2D eigenvalue weighted by atomic mass is 9.96. The van der Waals surface area contributed by atoms with Crippen LogP contribution in [-0.2, 0) is 0 Å². The summed E-state index contributed by atoms with van der Waals surface area (Å²) in [5.74, 6) is 0.500. The first kappa shape index (κ1) is 17.4. The molecule has 0 aliphatic carbocycles. The van der Waals surface area contributed by atoms with E-state index in [-0.39, 0.29) is 23.6 Å². The second kappa shape index (κ2) is 7.21. The molecule has 7 heteroatoms. The Morgan fingerprint density at radius 2 is 2.20 bits per heavy atom. The fourth-order valence-corrected chi connectivity index (χ4v) is 3.30. The molecular formula is C18H23FN4O2. The van der Waals surface area contributed by atoms with Gasteiger partial charge in [-0.1, -0.05) is 0 Å². The van der Waals surface area contributed by atoms with Crippen LogP contribution in [0.1, 0.15) is 54.8 Å². The van der Waals surface area contributed by atoms with Crippen LogP contribution in [0.4, 0.5) is 4.39 Å². The molecule has 2 heterocycles. The number of halogens is 1. The van der Waals surface area contributed by atoms with Crippen LogP contribution >= 0.6 is 0 Å². The Morgan fingerprint density at radius 1 is 1.40 bits per heavy atom. The van der Waals surface area contributed by atoms with Crippen molar-refractivity contribution in [1.82, 2.24) is 19.7 Å². The number of carbonyl (C=O) groups is 1. The first-order valence-corrected chi connectivity index (χ1v) is 8.53. The summed E-state index contributed by atoms with van der Waals surface area (Å²) in [7, 11) is 1.40. The van der Waals surface area contributed by atoms with Crippen molar-refractivity contribution in [3.63, 3.8) is 0 Å². The second-order valence-corrected chi connectivity index (χ2v) is 6.63. The summed E-state index contributed by atoms with van der Waals surface area (Å²) in [6.45, 7) is 5.40. The molecule has 3 rings (SSSR count). The molecule has 0 bridgehead atoms. The average molecular weight is 346 g/mol. The Labute approximate surface area is 146 Å². The van der Waals surface area contributed by atoms with Crippen LogP contribution in [0.5, 0.6) is 5.75 Å². The Hall–Kier alpha value is -2.44. The van der Waals surface area contributed by atoms with E-state index in [4.69, 9.17) is 4.74 Å². The largest absolute Gasteiger partial charge is 0.494 e. The number of nitrogens with zero attached hydrogens (tertiary/aromatic N) is 4. The molecule has 1 fully saturated rings. The van der Waals surface area contributed by atoms with Gasteiger partial charge in [-0.2, -0.15) is 0 Å². The van der Waals surface area contributed by atoms with Crippen molar-refractivity contribution >= 4 is 5.91 Å². The van der Waals surface area contributed by atoms with E-state index in [0.29, 0.717) is 18.7 Å². The molecule has 25 heavy (non-hydrogen) atoms. The van der Waals surface area contributed by atoms with Crippen LogP contribution in [0.3, 0.4) is 0 Å². The van der Waals surface area contributed by atoms with Gasteiger partial charge in [0.15, 0.2) is 11.6 Å². The normalized spacial score (nSPS) is 17.8. The highest BCUT2D eigenvalue weighted by Crippen LogP contribution is 2.28. The van der Waals surface area contributed by atoms with Crippen LogP contribution in [0.2, 0.25) is 0 Å². The lowest BCUT2D eigenvalue weighted by molar-refractivity contribution is 0.0702. The van der Waals surface area contributed by atoms with E-state index in [9.17, 15) is 9.18 Å². The van der Waals surface area contributed by atoms with Gasteiger partial charge in [0, 0.05) is 30.6 Å². The molecule has 2 aromatic rings. The van der Waals surface area contributed by atoms with Crippen LogP contribution in [0.15, 0.2) is 24.5 Å². The molecule has 1 atom stereocenters. The van der Waals surface area contributed by atoms with Gasteiger partial charge in [-0.05, 0) is 44.9 Å². The number of amides is 1. The zero-order valence-corrected chi connectivity index (χ0v) is 14.8. The van der Waals surface area contributed by atoms with E-state index in [2.05, 4.69) is 24.0 Å². The average Bonchev–Trinajstić information content (AvgIpc) is 3.11. The first-order chi connectivity index (χ1) is 12.0. The summed E-state index contributed by atoms with van der Waals surface area (Å²) in [6.07, 6.45) is 3.59. The third-order valence-electron chi connectivity index (χ3n) is 4.63. The van der Waals surface area contributed by atoms with E-state index in [1.165, 1.54) is 19.2 Å². The Kier molecular flexibility index (Phi) is 5.01. The molecule has 0 radical (unpaired) electrons. The van der Waals surface area contributed by atoms with Crippen molar-refractivity contribution in [2.24, 2.45) is 0 Å². The van der Waals surface area contributed by atoms with Gasteiger partial charge >= 0.3 is 0 Å². The third kappa shape index (κ3) is 3.50. The van der Waals surface area contributed by atoms with Crippen LogP contribution in [-0.4, -0.2) is 45.8 Å². The summed E-state index contributed by atoms with van der Waals surface area (Å²) in [4.78, 5) is 14.5. The van der Waals surface area contributed by atoms with Crippen LogP contribution in [0.25, 0.3) is 0 Å². The van der Waals surface area contributed by atoms with Gasteiger partial charge in [-0.15, -0.1) is 10.2 Å². The van der Waals surface area contributed by atoms with Crippen LogP contribution < -0.4 is 4.74 Å². The lowest BCUT2D eigenvalue weighted by Gasteiger charge is -2.32. The highest BCUT2D eigenvalue weighted by Gasteiger charge is 2.29. The fraction of sp³-hybridized carbons (Fsp3) is 0.500. The van der Waals surface area contributed by atoms with E-state index in [1.807, 2.05) is 4.57 Å². The predicted octanol–water partition coefficient (Wildman–Crippen LogP) is 3.03. The molecule has 1 aromatic carbocycles. The molecule has 1 aromatic heterocycles. The summed E-state index contributed by atoms with van der Waals surface area (Å²) in [5, 5.41) is 8.29. The van der Waals surface area contributed by atoms with Gasteiger partial charge in [0.1, 0.15) is 12.2 Å². The molecule has 0 unspecified atom stereocenters. The molecule has 6 nitrogen and oxygen atoms in total. The lowest BCUT2D eigenvalue weighted by Crippen LogP contribution is -2.39. The number of ether oxygens (including phenoxy) is 1. The minimum absolute atomic E-state index is 0.137. The van der Waals surface area contributed by atoms with Crippen molar-refractivity contribution in [3.05, 3.63) is 41.7 Å². The van der Waals surface area contributed by atoms with Gasteiger partial charge < -0.3 is 14.2 Å². The van der Waals surface area contributed by atoms with Crippen molar-refractivity contribution in [2.45, 2.75) is 38.6 Å². The molecule has 1 aliphatic rings. The monoisotopic (exact) mass is 346 g/mol. The zero-order valence-electron chi connectivity index (χ0n) is 14.8. The number of likely N-dealkylation sites (tertiary alicyclic amines) is 1. The van der Waals surface area contributed by atoms with E-state index in [1.54, 1.807) is 17.3 Å². The smallest absolute Gasteiger partial charge is 0.253 e. The molecule has 1 saturated heterocycles. The number of carbonyl (C=O) groups excluding carboxylic acids is 1. The van der Waals surface area contributed by atoms with Crippen LogP contribution in [0, 0.1) is 5.82 Å². The summed E-state index contributed by atoms with van der Waals surface area (Å²) < 4.78 is 20.9. The summed E-state index contributed by atoms with van der Waals surface area (Å²) in [6, 6.07) is 4.59. The molecule has 1 amide bonds. The number of methoxy groups -OCH3 is 1. The first-order valence-electron chi connectivity index (χ1n) is 8.53. The van der Waals surface area contributed by atoms with E-state index >= 15 is 0 Å². The predicted molar refractivity (Wildman–Crippen MR) is 91.2 cm³/mol. The highest BCUT2D eigenvalue weighted by atomic mass is 19.1. The second-order valence-electron chi connectivity index (χ2n) is 6.63. The van der Waals surface area contributed by atoms with Crippen molar-refractivity contribution in [3.8, 4) is 5.75 Å². The minimum atomic E-state index is -0.526. The number of hydrogen-bond acceptors (Lipinski definition) is 4. The number of aromatic nitrogens is 3. The number of benzene rings is 1. The topological polar surface area (TPSA) is 60.2 Å². The molecule has 0 saturated carbocycles. The fourth-order valence-electron chi connectivity index (χ4n) is 3.30. The van der Waals surface area contributed by atoms with Gasteiger partial charge in [0.2, 0.25) is 0 Å². The SMILES string of the molecule is COc1ccc(C(=O)N2CCC[C@@H](c3nncn3C(C)C)C2)cc1F. The molecule has 1 aliphatic heterocycles. The zero-order chi connectivity index (χ0) is 18.0. The van der Waals surface area contributed by atoms with E-state index < -0.39 is 5.82 Å². The number of rotatable bonds is 4. The van der Waals surface area contributed by atoms with Crippen molar-refractivity contribution in [1.29, 1.82) is 0 Å². The molecule has 134 valence electrons. The maximum absolute atomic E-state index is 13.9. The summed E-state index contributed by atoms with van der Waals surface area (Å²) in [5.41, 5.74) is 0.337. The molecule has 0 N–H and O–H groups in total. The van der Waals surface area contributed by atoms with Gasteiger partial charge in [0.05, 0.1) is 7.11 Å².